The Balaban J connectivity index is 2.76. The Morgan fingerprint density at radius 3 is 3.27 bits per heavy atom. The Bertz CT molecular complexity index is 364. The summed E-state index contributed by atoms with van der Waals surface area (Å²) in [6.07, 6.45) is 2.71. The lowest BCUT2D eigenvalue weighted by Gasteiger charge is -1.87. The third kappa shape index (κ3) is 0.888. The molecule has 0 saturated carbocycles. The van der Waals surface area contributed by atoms with E-state index in [9.17, 15) is 0 Å². The fourth-order valence-corrected chi connectivity index (χ4v) is 1.18. The highest BCUT2D eigenvalue weighted by Gasteiger charge is 2.01. The third-order valence-electron chi connectivity index (χ3n) is 1.75. The molecule has 2 rings (SSSR count). The van der Waals surface area contributed by atoms with E-state index in [0.29, 0.717) is 0 Å². The molecule has 2 aromatic heterocycles. The predicted molar refractivity (Wildman–Crippen MR) is 43.3 cm³/mol. The maximum Gasteiger partial charge on any atom is 0.155 e. The van der Waals surface area contributed by atoms with E-state index in [0.717, 1.165) is 23.1 Å². The van der Waals surface area contributed by atoms with Gasteiger partial charge in [0.15, 0.2) is 5.65 Å². The number of pyridine rings is 1. The molecule has 3 nitrogen and oxygen atoms in total. The normalized spacial score (nSPS) is 10.6. The zero-order valence-corrected chi connectivity index (χ0v) is 6.33. The monoisotopic (exact) mass is 147 g/mol. The largest absolute Gasteiger partial charge is 0.261 e. The van der Waals surface area contributed by atoms with Gasteiger partial charge in [-0.2, -0.15) is 5.10 Å². The molecule has 0 fully saturated rings. The molecule has 11 heavy (non-hydrogen) atoms. The second-order valence-electron chi connectivity index (χ2n) is 2.42. The molecule has 0 aliphatic carbocycles. The zero-order chi connectivity index (χ0) is 7.68. The number of hydrogen-bond acceptors (Lipinski definition) is 2. The molecule has 0 amide bonds. The molecule has 56 valence electrons. The van der Waals surface area contributed by atoms with Crippen LogP contribution >= 0.6 is 0 Å². The lowest BCUT2D eigenvalue weighted by atomic mass is 10.2. The van der Waals surface area contributed by atoms with Crippen LogP contribution in [0.3, 0.4) is 0 Å². The van der Waals surface area contributed by atoms with Crippen molar-refractivity contribution < 1.29 is 0 Å². The second-order valence-corrected chi connectivity index (χ2v) is 2.42. The summed E-state index contributed by atoms with van der Waals surface area (Å²) in [7, 11) is 0. The molecule has 0 spiro atoms. The first kappa shape index (κ1) is 6.34. The van der Waals surface area contributed by atoms with Gasteiger partial charge in [0.25, 0.3) is 0 Å². The Morgan fingerprint density at radius 2 is 2.45 bits per heavy atom. The molecule has 0 radical (unpaired) electrons. The molecular weight excluding hydrogens is 138 g/mol. The van der Waals surface area contributed by atoms with Crippen LogP contribution in [0.1, 0.15) is 12.6 Å². The summed E-state index contributed by atoms with van der Waals surface area (Å²) in [5.74, 6) is 0. The van der Waals surface area contributed by atoms with E-state index in [4.69, 9.17) is 0 Å². The van der Waals surface area contributed by atoms with E-state index < -0.39 is 0 Å². The van der Waals surface area contributed by atoms with E-state index in [1.54, 1.807) is 6.20 Å². The summed E-state index contributed by atoms with van der Waals surface area (Å²) in [4.78, 5) is 4.13. The van der Waals surface area contributed by atoms with Crippen molar-refractivity contribution in [3.63, 3.8) is 0 Å². The zero-order valence-electron chi connectivity index (χ0n) is 6.33. The fraction of sp³-hybridized carbons (Fsp3) is 0.250. The predicted octanol–water partition coefficient (Wildman–Crippen LogP) is 1.52. The van der Waals surface area contributed by atoms with Crippen LogP contribution in [-0.2, 0) is 6.42 Å². The lowest BCUT2D eigenvalue weighted by molar-refractivity contribution is 0.983. The summed E-state index contributed by atoms with van der Waals surface area (Å²) >= 11 is 0. The number of nitrogens with one attached hydrogen (secondary N) is 1. The molecule has 0 atom stereocenters. The summed E-state index contributed by atoms with van der Waals surface area (Å²) in [6.45, 7) is 2.09. The number of hydrogen-bond donors (Lipinski definition) is 1. The van der Waals surface area contributed by atoms with Gasteiger partial charge in [-0.05, 0) is 18.6 Å². The smallest absolute Gasteiger partial charge is 0.155 e. The average Bonchev–Trinajstić information content (AvgIpc) is 2.47. The Morgan fingerprint density at radius 1 is 1.55 bits per heavy atom. The molecular formula is C8H9N3. The second kappa shape index (κ2) is 2.34. The number of rotatable bonds is 1. The van der Waals surface area contributed by atoms with Gasteiger partial charge in [0.05, 0.1) is 5.69 Å². The minimum atomic E-state index is 0.879. The van der Waals surface area contributed by atoms with Crippen LogP contribution in [0.25, 0.3) is 11.0 Å². The van der Waals surface area contributed by atoms with Crippen molar-refractivity contribution in [2.75, 3.05) is 0 Å². The minimum Gasteiger partial charge on any atom is -0.261 e. The molecule has 2 heterocycles. The van der Waals surface area contributed by atoms with Gasteiger partial charge in [0.2, 0.25) is 0 Å². The third-order valence-corrected chi connectivity index (χ3v) is 1.75. The minimum absolute atomic E-state index is 0.879. The summed E-state index contributed by atoms with van der Waals surface area (Å²) in [6, 6.07) is 3.96. The number of fused-ring (bicyclic) bond motifs is 1. The highest BCUT2D eigenvalue weighted by atomic mass is 15.1. The number of aromatic amines is 1. The molecule has 0 aliphatic rings. The SMILES string of the molecule is CCc1n[nH]c2ncccc12. The molecule has 0 saturated heterocycles. The maximum absolute atomic E-state index is 4.13. The number of nitrogens with zero attached hydrogens (tertiary/aromatic N) is 2. The van der Waals surface area contributed by atoms with Crippen molar-refractivity contribution in [3.05, 3.63) is 24.0 Å². The van der Waals surface area contributed by atoms with Crippen molar-refractivity contribution in [1.29, 1.82) is 0 Å². The van der Waals surface area contributed by atoms with Gasteiger partial charge in [0.1, 0.15) is 0 Å². The lowest BCUT2D eigenvalue weighted by Crippen LogP contribution is -1.78. The van der Waals surface area contributed by atoms with Gasteiger partial charge in [-0.1, -0.05) is 6.92 Å². The fourth-order valence-electron chi connectivity index (χ4n) is 1.18. The van der Waals surface area contributed by atoms with E-state index in [-0.39, 0.29) is 0 Å². The van der Waals surface area contributed by atoms with Crippen molar-refractivity contribution in [3.8, 4) is 0 Å². The number of H-pyrrole nitrogens is 1. The molecule has 3 heteroatoms. The number of aryl methyl sites for hydroxylation is 1. The first-order chi connectivity index (χ1) is 5.42. The van der Waals surface area contributed by atoms with Crippen LogP contribution in [0.4, 0.5) is 0 Å². The Hall–Kier alpha value is -1.38. The quantitative estimate of drug-likeness (QED) is 0.664. The van der Waals surface area contributed by atoms with Crippen molar-refractivity contribution in [1.82, 2.24) is 15.2 Å². The van der Waals surface area contributed by atoms with E-state index in [1.807, 2.05) is 12.1 Å². The highest BCUT2D eigenvalue weighted by Crippen LogP contribution is 2.12. The Kier molecular flexibility index (Phi) is 1.35. The molecule has 0 bridgehead atoms. The van der Waals surface area contributed by atoms with E-state index in [1.165, 1.54) is 0 Å². The molecule has 0 unspecified atom stereocenters. The van der Waals surface area contributed by atoms with Gasteiger partial charge in [-0.3, -0.25) is 5.10 Å². The first-order valence-electron chi connectivity index (χ1n) is 3.70. The van der Waals surface area contributed by atoms with E-state index >= 15 is 0 Å². The van der Waals surface area contributed by atoms with Crippen molar-refractivity contribution in [2.45, 2.75) is 13.3 Å². The van der Waals surface area contributed by atoms with Crippen LogP contribution in [0.2, 0.25) is 0 Å². The van der Waals surface area contributed by atoms with Crippen LogP contribution in [-0.4, -0.2) is 15.2 Å². The standard InChI is InChI=1S/C8H9N3/c1-2-7-6-4-3-5-9-8(6)11-10-7/h3-5H,2H2,1H3,(H,9,10,11). The summed E-state index contributed by atoms with van der Waals surface area (Å²) in [5, 5.41) is 8.14. The highest BCUT2D eigenvalue weighted by molar-refractivity contribution is 5.77. The first-order valence-corrected chi connectivity index (χ1v) is 3.70. The van der Waals surface area contributed by atoms with Gasteiger partial charge in [-0.15, -0.1) is 0 Å². The average molecular weight is 147 g/mol. The van der Waals surface area contributed by atoms with Gasteiger partial charge < -0.3 is 0 Å². The van der Waals surface area contributed by atoms with E-state index in [2.05, 4.69) is 22.1 Å². The topological polar surface area (TPSA) is 41.6 Å². The van der Waals surface area contributed by atoms with Crippen LogP contribution in [0, 0.1) is 0 Å². The maximum atomic E-state index is 4.13. The summed E-state index contributed by atoms with van der Waals surface area (Å²) in [5.41, 5.74) is 1.97. The molecule has 1 N–H and O–H groups in total. The Labute approximate surface area is 64.5 Å². The van der Waals surface area contributed by atoms with Gasteiger partial charge >= 0.3 is 0 Å². The molecule has 0 aliphatic heterocycles. The molecule has 0 aromatic carbocycles. The van der Waals surface area contributed by atoms with Crippen molar-refractivity contribution in [2.24, 2.45) is 0 Å². The van der Waals surface area contributed by atoms with Gasteiger partial charge in [-0.25, -0.2) is 4.98 Å². The number of aromatic nitrogens is 3. The van der Waals surface area contributed by atoms with Crippen LogP contribution in [0.15, 0.2) is 18.3 Å². The van der Waals surface area contributed by atoms with Crippen molar-refractivity contribution >= 4 is 11.0 Å². The van der Waals surface area contributed by atoms with Gasteiger partial charge in [0, 0.05) is 11.6 Å². The van der Waals surface area contributed by atoms with Crippen LogP contribution in [0.5, 0.6) is 0 Å². The van der Waals surface area contributed by atoms with Crippen LogP contribution < -0.4 is 0 Å². The molecule has 2 aromatic rings. The summed E-state index contributed by atoms with van der Waals surface area (Å²) < 4.78 is 0.